The Kier molecular flexibility index (Phi) is 4.73. The molecule has 0 saturated carbocycles. The van der Waals surface area contributed by atoms with Crippen LogP contribution in [0.4, 0.5) is 10.5 Å². The van der Waals surface area contributed by atoms with E-state index in [-0.39, 0.29) is 6.54 Å². The Bertz CT molecular complexity index is 686. The number of anilines is 1. The average molecular weight is 302 g/mol. The van der Waals surface area contributed by atoms with Gasteiger partial charge in [-0.05, 0) is 42.3 Å². The van der Waals surface area contributed by atoms with E-state index in [1.54, 1.807) is 31.4 Å². The van der Waals surface area contributed by atoms with E-state index in [0.717, 1.165) is 11.3 Å². The van der Waals surface area contributed by atoms with Gasteiger partial charge in [-0.2, -0.15) is 0 Å². The van der Waals surface area contributed by atoms with Crippen molar-refractivity contribution >= 4 is 11.8 Å². The SMILES string of the molecule is COc1cc(Oc2ccc(N)c(CNC(=O)O)c2)ccc1C. The van der Waals surface area contributed by atoms with Crippen molar-refractivity contribution in [1.29, 1.82) is 0 Å². The molecule has 0 aliphatic carbocycles. The number of amides is 1. The van der Waals surface area contributed by atoms with Gasteiger partial charge < -0.3 is 25.6 Å². The van der Waals surface area contributed by atoms with E-state index in [1.165, 1.54) is 0 Å². The Morgan fingerprint density at radius 2 is 1.91 bits per heavy atom. The van der Waals surface area contributed by atoms with Gasteiger partial charge in [-0.1, -0.05) is 6.07 Å². The van der Waals surface area contributed by atoms with Crippen molar-refractivity contribution in [3.63, 3.8) is 0 Å². The number of nitrogen functional groups attached to an aromatic ring is 1. The van der Waals surface area contributed by atoms with Crippen LogP contribution in [0.1, 0.15) is 11.1 Å². The fraction of sp³-hybridized carbons (Fsp3) is 0.188. The molecule has 2 aromatic rings. The third-order valence-corrected chi connectivity index (χ3v) is 3.16. The van der Waals surface area contributed by atoms with E-state index >= 15 is 0 Å². The van der Waals surface area contributed by atoms with E-state index in [2.05, 4.69) is 5.32 Å². The molecule has 0 aromatic heterocycles. The highest BCUT2D eigenvalue weighted by molar-refractivity contribution is 5.65. The Morgan fingerprint density at radius 1 is 1.23 bits per heavy atom. The third kappa shape index (κ3) is 3.82. The quantitative estimate of drug-likeness (QED) is 0.738. The number of nitrogens with two attached hydrogens (primary N) is 1. The highest BCUT2D eigenvalue weighted by atomic mass is 16.5. The van der Waals surface area contributed by atoms with Crippen LogP contribution in [-0.2, 0) is 6.54 Å². The molecular weight excluding hydrogens is 284 g/mol. The summed E-state index contributed by atoms with van der Waals surface area (Å²) in [6.07, 6.45) is -1.10. The summed E-state index contributed by atoms with van der Waals surface area (Å²) in [6.45, 7) is 2.07. The lowest BCUT2D eigenvalue weighted by atomic mass is 10.1. The van der Waals surface area contributed by atoms with Crippen LogP contribution in [0.3, 0.4) is 0 Å². The lowest BCUT2D eigenvalue weighted by Crippen LogP contribution is -2.20. The minimum Gasteiger partial charge on any atom is -0.496 e. The molecule has 0 aliphatic rings. The second-order valence-corrected chi connectivity index (χ2v) is 4.75. The normalized spacial score (nSPS) is 10.1. The molecular formula is C16H18N2O4. The molecule has 0 radical (unpaired) electrons. The molecule has 1 amide bonds. The number of aryl methyl sites for hydroxylation is 1. The third-order valence-electron chi connectivity index (χ3n) is 3.16. The van der Waals surface area contributed by atoms with Gasteiger partial charge in [-0.15, -0.1) is 0 Å². The van der Waals surface area contributed by atoms with Gasteiger partial charge in [-0.25, -0.2) is 4.79 Å². The monoisotopic (exact) mass is 302 g/mol. The molecule has 4 N–H and O–H groups in total. The van der Waals surface area contributed by atoms with Crippen molar-refractivity contribution in [2.45, 2.75) is 13.5 Å². The molecule has 0 aliphatic heterocycles. The van der Waals surface area contributed by atoms with Crippen molar-refractivity contribution in [2.24, 2.45) is 0 Å². The minimum absolute atomic E-state index is 0.121. The van der Waals surface area contributed by atoms with Crippen molar-refractivity contribution in [2.75, 3.05) is 12.8 Å². The van der Waals surface area contributed by atoms with Crippen LogP contribution >= 0.6 is 0 Å². The van der Waals surface area contributed by atoms with E-state index < -0.39 is 6.09 Å². The number of benzene rings is 2. The molecule has 0 spiro atoms. The number of hydrogen-bond donors (Lipinski definition) is 3. The fourth-order valence-corrected chi connectivity index (χ4v) is 1.97. The Labute approximate surface area is 128 Å². The summed E-state index contributed by atoms with van der Waals surface area (Å²) in [5.41, 5.74) is 7.99. The first-order chi connectivity index (χ1) is 10.5. The number of ether oxygens (including phenoxy) is 2. The second-order valence-electron chi connectivity index (χ2n) is 4.75. The van der Waals surface area contributed by atoms with Crippen LogP contribution in [0, 0.1) is 6.92 Å². The molecule has 0 atom stereocenters. The summed E-state index contributed by atoms with van der Waals surface area (Å²) >= 11 is 0. The van der Waals surface area contributed by atoms with Gasteiger partial charge in [0.2, 0.25) is 0 Å². The number of carboxylic acid groups (broad SMARTS) is 1. The van der Waals surface area contributed by atoms with Gasteiger partial charge in [0, 0.05) is 18.3 Å². The summed E-state index contributed by atoms with van der Waals surface area (Å²) in [5.74, 6) is 1.94. The summed E-state index contributed by atoms with van der Waals surface area (Å²) in [7, 11) is 1.60. The zero-order chi connectivity index (χ0) is 16.1. The molecule has 2 rings (SSSR count). The van der Waals surface area contributed by atoms with Crippen molar-refractivity contribution in [3.05, 3.63) is 47.5 Å². The molecule has 6 nitrogen and oxygen atoms in total. The van der Waals surface area contributed by atoms with Crippen molar-refractivity contribution < 1.29 is 19.4 Å². The lowest BCUT2D eigenvalue weighted by Gasteiger charge is -2.12. The summed E-state index contributed by atoms with van der Waals surface area (Å²) < 4.78 is 11.0. The highest BCUT2D eigenvalue weighted by Crippen LogP contribution is 2.29. The maximum Gasteiger partial charge on any atom is 0.404 e. The predicted molar refractivity (Wildman–Crippen MR) is 83.5 cm³/mol. The molecule has 0 heterocycles. The Hall–Kier alpha value is -2.89. The summed E-state index contributed by atoms with van der Waals surface area (Å²) in [4.78, 5) is 10.6. The Morgan fingerprint density at radius 3 is 2.59 bits per heavy atom. The first-order valence-corrected chi connectivity index (χ1v) is 6.67. The number of rotatable bonds is 5. The first kappa shape index (κ1) is 15.5. The van der Waals surface area contributed by atoms with E-state index in [0.29, 0.717) is 22.7 Å². The van der Waals surface area contributed by atoms with Crippen LogP contribution in [0.15, 0.2) is 36.4 Å². The number of carbonyl (C=O) groups is 1. The maximum absolute atomic E-state index is 10.6. The topological polar surface area (TPSA) is 93.8 Å². The highest BCUT2D eigenvalue weighted by Gasteiger charge is 2.06. The van der Waals surface area contributed by atoms with Crippen LogP contribution in [-0.4, -0.2) is 18.3 Å². The maximum atomic E-state index is 10.6. The molecule has 116 valence electrons. The van der Waals surface area contributed by atoms with E-state index in [1.807, 2.05) is 19.1 Å². The smallest absolute Gasteiger partial charge is 0.404 e. The molecule has 0 fully saturated rings. The molecule has 22 heavy (non-hydrogen) atoms. The molecule has 2 aromatic carbocycles. The van der Waals surface area contributed by atoms with Crippen LogP contribution in [0.25, 0.3) is 0 Å². The molecule has 0 unspecified atom stereocenters. The minimum atomic E-state index is -1.10. The molecule has 6 heteroatoms. The van der Waals surface area contributed by atoms with Gasteiger partial charge >= 0.3 is 6.09 Å². The molecule has 0 bridgehead atoms. The van der Waals surface area contributed by atoms with Crippen LogP contribution in [0.5, 0.6) is 17.2 Å². The first-order valence-electron chi connectivity index (χ1n) is 6.67. The Balaban J connectivity index is 2.19. The van der Waals surface area contributed by atoms with Crippen LogP contribution < -0.4 is 20.5 Å². The summed E-state index contributed by atoms with van der Waals surface area (Å²) in [5, 5.41) is 10.9. The zero-order valence-electron chi connectivity index (χ0n) is 12.4. The van der Waals surface area contributed by atoms with Gasteiger partial charge in [0.25, 0.3) is 0 Å². The van der Waals surface area contributed by atoms with E-state index in [4.69, 9.17) is 20.3 Å². The largest absolute Gasteiger partial charge is 0.496 e. The zero-order valence-corrected chi connectivity index (χ0v) is 12.4. The van der Waals surface area contributed by atoms with Crippen LogP contribution in [0.2, 0.25) is 0 Å². The van der Waals surface area contributed by atoms with E-state index in [9.17, 15) is 4.79 Å². The van der Waals surface area contributed by atoms with Gasteiger partial charge in [0.05, 0.1) is 7.11 Å². The van der Waals surface area contributed by atoms with Gasteiger partial charge in [0.15, 0.2) is 0 Å². The van der Waals surface area contributed by atoms with Crippen molar-refractivity contribution in [1.82, 2.24) is 5.32 Å². The summed E-state index contributed by atoms with van der Waals surface area (Å²) in [6, 6.07) is 10.6. The number of methoxy groups -OCH3 is 1. The number of hydrogen-bond acceptors (Lipinski definition) is 4. The fourth-order valence-electron chi connectivity index (χ4n) is 1.97. The van der Waals surface area contributed by atoms with Gasteiger partial charge in [-0.3, -0.25) is 0 Å². The predicted octanol–water partition coefficient (Wildman–Crippen LogP) is 3.15. The van der Waals surface area contributed by atoms with Gasteiger partial charge in [0.1, 0.15) is 17.2 Å². The number of nitrogens with one attached hydrogen (secondary N) is 1. The lowest BCUT2D eigenvalue weighted by molar-refractivity contribution is 0.194. The second kappa shape index (κ2) is 6.71. The average Bonchev–Trinajstić information content (AvgIpc) is 2.49. The van der Waals surface area contributed by atoms with Crippen molar-refractivity contribution in [3.8, 4) is 17.2 Å². The standard InChI is InChI=1S/C16H18N2O4/c1-10-3-4-13(8-15(10)21-2)22-12-5-6-14(17)11(7-12)9-18-16(19)20/h3-8,18H,9,17H2,1-2H3,(H,19,20). The molecule has 0 saturated heterocycles.